The molecule has 1 N–H and O–H groups in total. The first kappa shape index (κ1) is 13.6. The molecule has 0 heterocycles. The highest BCUT2D eigenvalue weighted by Gasteiger charge is 2.27. The minimum Gasteiger partial charge on any atom is -0.481 e. The number of rotatable bonds is 5. The third-order valence-corrected chi connectivity index (χ3v) is 6.95. The van der Waals surface area contributed by atoms with Crippen LogP contribution in [0.4, 0.5) is 0 Å². The first-order valence-corrected chi connectivity index (χ1v) is 10.4. The molecule has 0 fully saturated rings. The minimum absolute atomic E-state index is 0.184. The predicted octanol–water partition coefficient (Wildman–Crippen LogP) is 3.80. The van der Waals surface area contributed by atoms with Gasteiger partial charge in [-0.1, -0.05) is 60.3 Å². The lowest BCUT2D eigenvalue weighted by atomic mass is 9.87. The summed E-state index contributed by atoms with van der Waals surface area (Å²) < 4.78 is 8.73. The van der Waals surface area contributed by atoms with Crippen molar-refractivity contribution >= 4 is 19.2 Å². The number of hydrogen-bond acceptors (Lipinski definition) is 1. The first-order valence-electron chi connectivity index (χ1n) is 7.87. The average Bonchev–Trinajstić information content (AvgIpc) is 2.47. The molecule has 108 valence electrons. The van der Waals surface area contributed by atoms with Gasteiger partial charge in [-0.15, -0.1) is 0 Å². The summed E-state index contributed by atoms with van der Waals surface area (Å²) in [4.78, 5) is 10.9. The second-order valence-corrected chi connectivity index (χ2v) is 10.6. The van der Waals surface area contributed by atoms with Crippen molar-refractivity contribution < 1.29 is 11.3 Å². The highest BCUT2D eigenvalue weighted by atomic mass is 28.3. The Labute approximate surface area is 123 Å². The Morgan fingerprint density at radius 2 is 2.10 bits per heavy atom. The van der Waals surface area contributed by atoms with Gasteiger partial charge in [0.1, 0.15) is 0 Å². The van der Waals surface area contributed by atoms with Gasteiger partial charge in [-0.25, -0.2) is 0 Å². The van der Waals surface area contributed by atoms with Crippen LogP contribution in [0.25, 0.3) is 0 Å². The summed E-state index contributed by atoms with van der Waals surface area (Å²) in [6.45, 7) is 4.48. The van der Waals surface area contributed by atoms with Crippen molar-refractivity contribution in [3.05, 3.63) is 42.0 Å². The molecule has 0 aliphatic heterocycles. The number of hydrogen-bond donors (Lipinski definition) is 1. The van der Waals surface area contributed by atoms with Crippen LogP contribution in [0.15, 0.2) is 42.0 Å². The summed E-state index contributed by atoms with van der Waals surface area (Å²) in [5.41, 5.74) is 1.16. The van der Waals surface area contributed by atoms with E-state index in [9.17, 15) is 4.79 Å². The van der Waals surface area contributed by atoms with Crippen LogP contribution in [0, 0.1) is 5.92 Å². The summed E-state index contributed by atoms with van der Waals surface area (Å²) >= 11 is 0. The number of carbonyl (C=O) groups is 1. The van der Waals surface area contributed by atoms with Gasteiger partial charge in [-0.05, 0) is 31.2 Å². The second-order valence-electron chi connectivity index (χ2n) is 6.26. The number of allylic oxidation sites excluding steroid dienone is 2. The van der Waals surface area contributed by atoms with Gasteiger partial charge in [-0.2, -0.15) is 0 Å². The van der Waals surface area contributed by atoms with Crippen LogP contribution >= 0.6 is 0 Å². The van der Waals surface area contributed by atoms with Gasteiger partial charge < -0.3 is 5.11 Å². The van der Waals surface area contributed by atoms with Crippen molar-refractivity contribution in [2.75, 3.05) is 0 Å². The van der Waals surface area contributed by atoms with Crippen LogP contribution in [0.3, 0.4) is 0 Å². The molecule has 0 amide bonds. The number of carboxylic acids is 1. The zero-order valence-electron chi connectivity index (χ0n) is 13.3. The maximum Gasteiger partial charge on any atom is 0.303 e. The van der Waals surface area contributed by atoms with Crippen LogP contribution in [-0.4, -0.2) is 19.1 Å². The predicted molar refractivity (Wildman–Crippen MR) is 86.0 cm³/mol. The highest BCUT2D eigenvalue weighted by molar-refractivity contribution is 6.90. The van der Waals surface area contributed by atoms with Crippen molar-refractivity contribution in [3.63, 3.8) is 0 Å². The molecule has 0 bridgehead atoms. The Balaban J connectivity index is 2.14. The Kier molecular flexibility index (Phi) is 4.36. The van der Waals surface area contributed by atoms with E-state index in [0.717, 1.165) is 24.8 Å². The Bertz CT molecular complexity index is 525. The molecule has 0 aromatic heterocycles. The smallest absolute Gasteiger partial charge is 0.303 e. The van der Waals surface area contributed by atoms with E-state index in [1.54, 1.807) is 0 Å². The quantitative estimate of drug-likeness (QED) is 0.661. The van der Waals surface area contributed by atoms with Crippen LogP contribution in [0.2, 0.25) is 19.1 Å². The lowest BCUT2D eigenvalue weighted by Gasteiger charge is -2.28. The van der Waals surface area contributed by atoms with Crippen molar-refractivity contribution in [2.24, 2.45) is 5.92 Å². The normalized spacial score (nSPS) is 21.8. The summed E-state index contributed by atoms with van der Waals surface area (Å²) in [7, 11) is -1.89. The highest BCUT2D eigenvalue weighted by Crippen LogP contribution is 2.31. The molecule has 0 saturated carbocycles. The third-order valence-electron chi connectivity index (χ3n) is 4.03. The van der Waals surface area contributed by atoms with Crippen molar-refractivity contribution in [2.45, 2.75) is 44.8 Å². The summed E-state index contributed by atoms with van der Waals surface area (Å²) in [5.74, 6) is -0.515. The maximum absolute atomic E-state index is 10.9. The monoisotopic (exact) mass is 289 g/mol. The van der Waals surface area contributed by atoms with Crippen LogP contribution in [0.5, 0.6) is 0 Å². The number of benzene rings is 1. The van der Waals surface area contributed by atoms with Gasteiger partial charge in [0, 0.05) is 7.79 Å². The topological polar surface area (TPSA) is 37.3 Å². The third kappa shape index (κ3) is 4.07. The van der Waals surface area contributed by atoms with Crippen molar-refractivity contribution in [1.82, 2.24) is 0 Å². The fraction of sp³-hybridized carbons (Fsp3) is 0.471. The van der Waals surface area contributed by atoms with E-state index in [4.69, 9.17) is 6.48 Å². The summed E-state index contributed by atoms with van der Waals surface area (Å²) in [6, 6.07) is 10.2. The Hall–Kier alpha value is -1.35. The molecule has 1 aromatic rings. The lowest BCUT2D eigenvalue weighted by Crippen LogP contribution is -2.41. The van der Waals surface area contributed by atoms with E-state index < -0.39 is 14.0 Å². The fourth-order valence-corrected chi connectivity index (χ4v) is 5.36. The van der Waals surface area contributed by atoms with E-state index in [1.165, 1.54) is 5.19 Å². The standard InChI is InChI=1S/C17H24O2Si/c1-20(2,16-9-4-3-5-10-16)13-15-8-6-7-14(11-15)12-17(18)19/h3-5,8-10,14H,6-7,11-13H2,1-2H3,(H,18,19)/t14-/m1/s1/i13D/t13-,14+/m0. The van der Waals surface area contributed by atoms with Gasteiger partial charge in [0.2, 0.25) is 0 Å². The van der Waals surface area contributed by atoms with E-state index in [0.29, 0.717) is 0 Å². The SMILES string of the molecule is [2H][C@@H](C1=CCC[C@@H](CC(=O)O)C1)[Si](C)(C)c1ccccc1. The molecule has 3 heteroatoms. The zero-order chi connectivity index (χ0) is 15.5. The van der Waals surface area contributed by atoms with E-state index in [-0.39, 0.29) is 18.4 Å². The largest absolute Gasteiger partial charge is 0.481 e. The van der Waals surface area contributed by atoms with Gasteiger partial charge in [0.25, 0.3) is 0 Å². The average molecular weight is 289 g/mol. The van der Waals surface area contributed by atoms with Crippen LogP contribution in [0.1, 0.15) is 27.1 Å². The molecule has 0 saturated heterocycles. The molecule has 0 spiro atoms. The Morgan fingerprint density at radius 3 is 2.75 bits per heavy atom. The van der Waals surface area contributed by atoms with Gasteiger partial charge in [0.05, 0.1) is 8.07 Å². The summed E-state index contributed by atoms with van der Waals surface area (Å²) in [5, 5.41) is 10.3. The second kappa shape index (κ2) is 6.40. The maximum atomic E-state index is 10.9. The molecule has 0 radical (unpaired) electrons. The molecule has 1 aromatic carbocycles. The molecule has 2 nitrogen and oxygen atoms in total. The fourth-order valence-electron chi connectivity index (χ4n) is 2.98. The van der Waals surface area contributed by atoms with E-state index >= 15 is 0 Å². The molecule has 1 aliphatic rings. The molecule has 20 heavy (non-hydrogen) atoms. The molecular weight excluding hydrogens is 264 g/mol. The van der Waals surface area contributed by atoms with Crippen LogP contribution in [-0.2, 0) is 4.79 Å². The minimum atomic E-state index is -1.89. The van der Waals surface area contributed by atoms with Crippen molar-refractivity contribution in [3.8, 4) is 0 Å². The molecule has 1 aliphatic carbocycles. The van der Waals surface area contributed by atoms with Crippen molar-refractivity contribution in [1.29, 1.82) is 0 Å². The first-order chi connectivity index (χ1) is 9.91. The molecule has 2 rings (SSSR count). The lowest BCUT2D eigenvalue weighted by molar-refractivity contribution is -0.138. The molecule has 2 atom stereocenters. The molecule has 0 unspecified atom stereocenters. The zero-order valence-corrected chi connectivity index (χ0v) is 13.3. The van der Waals surface area contributed by atoms with Crippen LogP contribution < -0.4 is 5.19 Å². The van der Waals surface area contributed by atoms with Gasteiger partial charge in [0.15, 0.2) is 0 Å². The van der Waals surface area contributed by atoms with Gasteiger partial charge in [-0.3, -0.25) is 4.79 Å². The summed E-state index contributed by atoms with van der Waals surface area (Å²) in [6.07, 6.45) is 5.06. The number of aliphatic carboxylic acids is 1. The number of carboxylic acid groups (broad SMARTS) is 1. The van der Waals surface area contributed by atoms with E-state index in [2.05, 4.69) is 31.3 Å². The molecular formula is C17H24O2Si. The van der Waals surface area contributed by atoms with E-state index in [1.807, 2.05) is 18.2 Å². The Morgan fingerprint density at radius 1 is 1.40 bits per heavy atom. The van der Waals surface area contributed by atoms with Gasteiger partial charge >= 0.3 is 5.97 Å².